The molecular weight excluding hydrogens is 438 g/mol. The van der Waals surface area contributed by atoms with E-state index < -0.39 is 17.6 Å². The molecule has 0 saturated heterocycles. The van der Waals surface area contributed by atoms with Crippen molar-refractivity contribution in [3.05, 3.63) is 82.1 Å². The summed E-state index contributed by atoms with van der Waals surface area (Å²) in [5, 5.41) is 15.9. The number of hydrogen-bond donors (Lipinski definition) is 1. The molecule has 1 atom stereocenters. The van der Waals surface area contributed by atoms with Crippen LogP contribution < -0.4 is 5.32 Å². The van der Waals surface area contributed by atoms with Gasteiger partial charge in [-0.25, -0.2) is 13.8 Å². The summed E-state index contributed by atoms with van der Waals surface area (Å²) in [5.41, 5.74) is 2.51. The predicted octanol–water partition coefficient (Wildman–Crippen LogP) is 4.44. The molecule has 7 nitrogen and oxygen atoms in total. The van der Waals surface area contributed by atoms with Gasteiger partial charge in [-0.15, -0.1) is 5.10 Å². The summed E-state index contributed by atoms with van der Waals surface area (Å²) in [5.74, 6) is -2.56. The average molecular weight is 453 g/mol. The fraction of sp³-hybridized carbons (Fsp3) is 0.136. The van der Waals surface area contributed by atoms with E-state index in [0.717, 1.165) is 11.6 Å². The zero-order valence-electron chi connectivity index (χ0n) is 16.7. The number of rotatable bonds is 3. The van der Waals surface area contributed by atoms with Crippen molar-refractivity contribution in [1.82, 2.24) is 25.0 Å². The molecule has 2 aromatic heterocycles. The number of aryl methyl sites for hydroxylation is 1. The fourth-order valence-electron chi connectivity index (χ4n) is 3.89. The third-order valence-electron chi connectivity index (χ3n) is 5.34. The number of amides is 1. The van der Waals surface area contributed by atoms with Gasteiger partial charge in [-0.2, -0.15) is 14.9 Å². The third-order valence-corrected chi connectivity index (χ3v) is 5.59. The van der Waals surface area contributed by atoms with Crippen LogP contribution in [0.15, 0.2) is 48.7 Å². The lowest BCUT2D eigenvalue weighted by Crippen LogP contribution is -2.26. The second-order valence-corrected chi connectivity index (χ2v) is 7.79. The summed E-state index contributed by atoms with van der Waals surface area (Å²) in [4.78, 5) is 17.0. The fourth-order valence-corrected chi connectivity index (χ4v) is 4.02. The van der Waals surface area contributed by atoms with Gasteiger partial charge in [0.1, 0.15) is 5.82 Å². The van der Waals surface area contributed by atoms with E-state index >= 15 is 0 Å². The number of aromatic nitrogens is 5. The predicted molar refractivity (Wildman–Crippen MR) is 114 cm³/mol. The monoisotopic (exact) mass is 452 g/mol. The summed E-state index contributed by atoms with van der Waals surface area (Å²) < 4.78 is 29.8. The maximum Gasteiger partial charge on any atom is 0.272 e. The Bertz CT molecular complexity index is 1360. The highest BCUT2D eigenvalue weighted by atomic mass is 35.5. The Hall–Kier alpha value is -3.72. The Labute approximate surface area is 186 Å². The lowest BCUT2D eigenvalue weighted by molar-refractivity contribution is -0.116. The van der Waals surface area contributed by atoms with E-state index in [4.69, 9.17) is 11.6 Å². The molecular formula is C22H15ClF2N6O. The van der Waals surface area contributed by atoms with Gasteiger partial charge in [0.05, 0.1) is 17.6 Å². The number of halogens is 3. The number of nitrogens with one attached hydrogen (secondary N) is 1. The Kier molecular flexibility index (Phi) is 4.90. The van der Waals surface area contributed by atoms with Gasteiger partial charge >= 0.3 is 0 Å². The first-order valence-corrected chi connectivity index (χ1v) is 10.1. The Morgan fingerprint density at radius 2 is 1.94 bits per heavy atom. The number of benzene rings is 2. The van der Waals surface area contributed by atoms with Crippen molar-refractivity contribution in [2.45, 2.75) is 19.3 Å². The first kappa shape index (κ1) is 20.2. The highest BCUT2D eigenvalue weighted by molar-refractivity contribution is 6.30. The van der Waals surface area contributed by atoms with E-state index in [-0.39, 0.29) is 23.8 Å². The molecule has 5 rings (SSSR count). The minimum atomic E-state index is -0.979. The maximum atomic E-state index is 14.6. The van der Waals surface area contributed by atoms with Crippen LogP contribution in [0, 0.1) is 18.6 Å². The molecule has 1 aliphatic rings. The third kappa shape index (κ3) is 3.40. The van der Waals surface area contributed by atoms with Crippen LogP contribution in [0.3, 0.4) is 0 Å². The lowest BCUT2D eigenvalue weighted by atomic mass is 9.85. The van der Waals surface area contributed by atoms with E-state index in [1.54, 1.807) is 31.2 Å². The van der Waals surface area contributed by atoms with Gasteiger partial charge in [-0.05, 0) is 30.7 Å². The quantitative estimate of drug-likeness (QED) is 0.496. The van der Waals surface area contributed by atoms with Crippen molar-refractivity contribution in [2.24, 2.45) is 0 Å². The summed E-state index contributed by atoms with van der Waals surface area (Å²) in [7, 11) is 0. The van der Waals surface area contributed by atoms with Crippen LogP contribution in [0.4, 0.5) is 14.6 Å². The zero-order chi connectivity index (χ0) is 22.4. The van der Waals surface area contributed by atoms with Crippen LogP contribution in [0.5, 0.6) is 0 Å². The molecule has 1 amide bonds. The molecule has 0 aliphatic carbocycles. The van der Waals surface area contributed by atoms with Crippen molar-refractivity contribution >= 4 is 23.3 Å². The van der Waals surface area contributed by atoms with Crippen LogP contribution >= 0.6 is 11.6 Å². The number of anilines is 1. The average Bonchev–Trinajstić information content (AvgIpc) is 3.12. The van der Waals surface area contributed by atoms with Gasteiger partial charge in [-0.1, -0.05) is 35.9 Å². The smallest absolute Gasteiger partial charge is 0.272 e. The molecule has 160 valence electrons. The van der Waals surface area contributed by atoms with Crippen molar-refractivity contribution < 1.29 is 13.6 Å². The molecule has 0 spiro atoms. The summed E-state index contributed by atoms with van der Waals surface area (Å²) in [6.07, 6.45) is 1.46. The SMILES string of the molecule is Cc1nn(-c2nncc(-c3ccc(Cl)cc3)n2)c2c1[C@@H](c1cccc(F)c1F)CC(=O)N2. The molecule has 0 fully saturated rings. The number of nitrogens with zero attached hydrogens (tertiary/aromatic N) is 5. The number of hydrogen-bond acceptors (Lipinski definition) is 5. The van der Waals surface area contributed by atoms with Crippen LogP contribution in [-0.2, 0) is 4.79 Å². The molecule has 2 aromatic carbocycles. The first-order chi connectivity index (χ1) is 15.4. The van der Waals surface area contributed by atoms with E-state index in [0.29, 0.717) is 27.8 Å². The van der Waals surface area contributed by atoms with Crippen LogP contribution in [0.2, 0.25) is 5.02 Å². The molecule has 10 heteroatoms. The molecule has 0 saturated carbocycles. The van der Waals surface area contributed by atoms with Crippen LogP contribution in [0.1, 0.15) is 29.2 Å². The standard InChI is InChI=1S/C22H15ClF2N6O/c1-11-19-15(14-3-2-4-16(24)20(14)25)9-18(32)28-21(19)31(30-11)22-27-17(10-26-29-22)12-5-7-13(23)8-6-12/h2-8,10,15H,9H2,1H3,(H,28,32)/t15-/m1/s1. The molecule has 4 aromatic rings. The van der Waals surface area contributed by atoms with E-state index in [2.05, 4.69) is 25.6 Å². The summed E-state index contributed by atoms with van der Waals surface area (Å²) in [6.45, 7) is 1.73. The topological polar surface area (TPSA) is 85.6 Å². The van der Waals surface area contributed by atoms with Crippen molar-refractivity contribution in [3.63, 3.8) is 0 Å². The van der Waals surface area contributed by atoms with E-state index in [1.807, 2.05) is 0 Å². The second-order valence-electron chi connectivity index (χ2n) is 7.36. The maximum absolute atomic E-state index is 14.6. The molecule has 0 unspecified atom stereocenters. The van der Waals surface area contributed by atoms with Crippen molar-refractivity contribution in [3.8, 4) is 17.2 Å². The largest absolute Gasteiger partial charge is 0.310 e. The Morgan fingerprint density at radius 1 is 1.16 bits per heavy atom. The number of carbonyl (C=O) groups excluding carboxylic acids is 1. The second kappa shape index (κ2) is 7.76. The Balaban J connectivity index is 1.63. The molecule has 32 heavy (non-hydrogen) atoms. The van der Waals surface area contributed by atoms with Crippen LogP contribution in [0.25, 0.3) is 17.2 Å². The van der Waals surface area contributed by atoms with Gasteiger partial charge in [0, 0.05) is 28.5 Å². The Morgan fingerprint density at radius 3 is 2.72 bits per heavy atom. The molecule has 0 bridgehead atoms. The zero-order valence-corrected chi connectivity index (χ0v) is 17.4. The molecule has 1 N–H and O–H groups in total. The van der Waals surface area contributed by atoms with Gasteiger partial charge in [0.25, 0.3) is 5.95 Å². The summed E-state index contributed by atoms with van der Waals surface area (Å²) >= 11 is 5.95. The number of fused-ring (bicyclic) bond motifs is 1. The van der Waals surface area contributed by atoms with E-state index in [1.165, 1.54) is 23.0 Å². The van der Waals surface area contributed by atoms with Crippen LogP contribution in [-0.4, -0.2) is 30.9 Å². The van der Waals surface area contributed by atoms with Crippen molar-refractivity contribution in [1.29, 1.82) is 0 Å². The summed E-state index contributed by atoms with van der Waals surface area (Å²) in [6, 6.07) is 11.0. The highest BCUT2D eigenvalue weighted by Crippen LogP contribution is 2.41. The first-order valence-electron chi connectivity index (χ1n) is 9.71. The molecule has 1 aliphatic heterocycles. The minimum Gasteiger partial charge on any atom is -0.310 e. The minimum absolute atomic E-state index is 0.0379. The lowest BCUT2D eigenvalue weighted by Gasteiger charge is -2.24. The van der Waals surface area contributed by atoms with Gasteiger partial charge in [0.15, 0.2) is 11.6 Å². The highest BCUT2D eigenvalue weighted by Gasteiger charge is 2.35. The van der Waals surface area contributed by atoms with Gasteiger partial charge < -0.3 is 5.32 Å². The molecule has 3 heterocycles. The number of carbonyl (C=O) groups is 1. The van der Waals surface area contributed by atoms with Crippen molar-refractivity contribution in [2.75, 3.05) is 5.32 Å². The van der Waals surface area contributed by atoms with Gasteiger partial charge in [0.2, 0.25) is 5.91 Å². The normalized spacial score (nSPS) is 15.4. The van der Waals surface area contributed by atoms with Gasteiger partial charge in [-0.3, -0.25) is 4.79 Å². The molecule has 0 radical (unpaired) electrons. The van der Waals surface area contributed by atoms with E-state index in [9.17, 15) is 13.6 Å².